The van der Waals surface area contributed by atoms with Crippen molar-refractivity contribution in [2.24, 2.45) is 34.5 Å². The van der Waals surface area contributed by atoms with Crippen LogP contribution in [-0.2, 0) is 4.79 Å². The van der Waals surface area contributed by atoms with Crippen molar-refractivity contribution in [1.29, 1.82) is 0 Å². The van der Waals surface area contributed by atoms with Gasteiger partial charge in [-0.3, -0.25) is 4.79 Å². The van der Waals surface area contributed by atoms with Crippen molar-refractivity contribution in [1.82, 2.24) is 0 Å². The topological polar surface area (TPSA) is 17.1 Å². The molecule has 0 amide bonds. The monoisotopic (exact) mass is 330 g/mol. The zero-order valence-corrected chi connectivity index (χ0v) is 15.6. The van der Waals surface area contributed by atoms with Gasteiger partial charge < -0.3 is 0 Å². The van der Waals surface area contributed by atoms with Crippen molar-refractivity contribution < 1.29 is 9.18 Å². The van der Waals surface area contributed by atoms with Crippen LogP contribution in [0.1, 0.15) is 72.6 Å². The molecule has 0 saturated heterocycles. The maximum absolute atomic E-state index is 14.1. The third-order valence-corrected chi connectivity index (χ3v) is 8.47. The Morgan fingerprint density at radius 3 is 2.54 bits per heavy atom. The summed E-state index contributed by atoms with van der Waals surface area (Å²) >= 11 is 0. The van der Waals surface area contributed by atoms with Crippen molar-refractivity contribution in [3.63, 3.8) is 0 Å². The van der Waals surface area contributed by atoms with Crippen LogP contribution in [0.2, 0.25) is 0 Å². The Balaban J connectivity index is 1.70. The first kappa shape index (κ1) is 16.5. The van der Waals surface area contributed by atoms with Crippen molar-refractivity contribution in [3.8, 4) is 0 Å². The molecule has 0 bridgehead atoms. The van der Waals surface area contributed by atoms with Crippen LogP contribution >= 0.6 is 0 Å². The van der Waals surface area contributed by atoms with Gasteiger partial charge in [-0.25, -0.2) is 4.39 Å². The van der Waals surface area contributed by atoms with Crippen LogP contribution in [0.25, 0.3) is 0 Å². The van der Waals surface area contributed by atoms with Crippen LogP contribution < -0.4 is 0 Å². The third kappa shape index (κ3) is 2.07. The highest BCUT2D eigenvalue weighted by atomic mass is 19.1. The summed E-state index contributed by atoms with van der Waals surface area (Å²) in [6.07, 6.45) is 9.74. The molecule has 1 nitrogen and oxygen atoms in total. The van der Waals surface area contributed by atoms with E-state index >= 15 is 0 Å². The van der Waals surface area contributed by atoms with Crippen molar-refractivity contribution in [2.75, 3.05) is 0 Å². The van der Waals surface area contributed by atoms with Crippen molar-refractivity contribution in [3.05, 3.63) is 23.0 Å². The van der Waals surface area contributed by atoms with Crippen LogP contribution in [0.15, 0.2) is 23.0 Å². The van der Waals surface area contributed by atoms with Gasteiger partial charge in [-0.1, -0.05) is 26.3 Å². The second-order valence-corrected chi connectivity index (χ2v) is 9.52. The predicted molar refractivity (Wildman–Crippen MR) is 95.1 cm³/mol. The van der Waals surface area contributed by atoms with Gasteiger partial charge in [0.05, 0.1) is 5.83 Å². The van der Waals surface area contributed by atoms with Crippen molar-refractivity contribution >= 4 is 5.78 Å². The number of allylic oxidation sites excluding steroid dienone is 3. The number of carbonyl (C=O) groups excluding carboxylic acids is 1. The second kappa shape index (κ2) is 5.29. The largest absolute Gasteiger partial charge is 0.295 e. The number of hydrogen-bond acceptors (Lipinski definition) is 1. The highest BCUT2D eigenvalue weighted by Gasteiger charge is 2.58. The molecule has 24 heavy (non-hydrogen) atoms. The standard InChI is InChI=1S/C22H31FO/c1-13-12-22(4)15(11-20(13)24)5-6-16-18-8-7-17(14(2)23)21(18,3)10-9-19(16)22/h11,13,16,18-19H,5-10,12H2,1-4H3/t13-,16?,18?,19?,21-,22+/m1/s1. The van der Waals surface area contributed by atoms with Gasteiger partial charge in [0, 0.05) is 5.92 Å². The Morgan fingerprint density at radius 1 is 1.12 bits per heavy atom. The van der Waals surface area contributed by atoms with Gasteiger partial charge in [0.2, 0.25) is 0 Å². The first-order chi connectivity index (χ1) is 11.3. The summed E-state index contributed by atoms with van der Waals surface area (Å²) in [6.45, 7) is 8.51. The molecule has 3 unspecified atom stereocenters. The number of carbonyl (C=O) groups is 1. The first-order valence-electron chi connectivity index (χ1n) is 9.88. The van der Waals surface area contributed by atoms with Crippen LogP contribution in [0.4, 0.5) is 4.39 Å². The number of fused-ring (bicyclic) bond motifs is 5. The van der Waals surface area contributed by atoms with Crippen LogP contribution in [0, 0.1) is 34.5 Å². The van der Waals surface area contributed by atoms with E-state index in [2.05, 4.69) is 20.8 Å². The molecule has 0 aliphatic heterocycles. The van der Waals surface area contributed by atoms with E-state index in [0.717, 1.165) is 37.7 Å². The Hall–Kier alpha value is -0.920. The molecule has 4 aliphatic carbocycles. The molecule has 0 heterocycles. The lowest BCUT2D eigenvalue weighted by Gasteiger charge is -2.58. The van der Waals surface area contributed by atoms with Gasteiger partial charge in [-0.15, -0.1) is 0 Å². The predicted octanol–water partition coefficient (Wildman–Crippen LogP) is 6.01. The quantitative estimate of drug-likeness (QED) is 0.532. The molecule has 6 atom stereocenters. The lowest BCUT2D eigenvalue weighted by atomic mass is 9.46. The minimum atomic E-state index is 0.0814. The molecular weight excluding hydrogens is 299 g/mol. The van der Waals surface area contributed by atoms with Gasteiger partial charge in [-0.05, 0) is 92.1 Å². The van der Waals surface area contributed by atoms with Crippen LogP contribution in [0.3, 0.4) is 0 Å². The summed E-state index contributed by atoms with van der Waals surface area (Å²) in [5.74, 6) is 2.62. The first-order valence-corrected chi connectivity index (χ1v) is 9.88. The molecule has 3 saturated carbocycles. The van der Waals surface area contributed by atoms with E-state index in [1.165, 1.54) is 18.4 Å². The van der Waals surface area contributed by atoms with Crippen LogP contribution in [-0.4, -0.2) is 5.78 Å². The summed E-state index contributed by atoms with van der Waals surface area (Å²) in [6, 6.07) is 0. The Morgan fingerprint density at radius 2 is 1.83 bits per heavy atom. The lowest BCUT2D eigenvalue weighted by Crippen LogP contribution is -2.50. The Bertz CT molecular complexity index is 640. The second-order valence-electron chi connectivity index (χ2n) is 9.52. The van der Waals surface area contributed by atoms with E-state index in [4.69, 9.17) is 0 Å². The number of halogens is 1. The summed E-state index contributed by atoms with van der Waals surface area (Å²) in [5, 5.41) is 0. The SMILES string of the molecule is CC(F)=C1CCC2C3CCC4=CC(=O)[C@H](C)C[C@]4(C)C3CC[C@]12C. The molecule has 0 spiro atoms. The molecular formula is C22H31FO. The fourth-order valence-electron chi connectivity index (χ4n) is 7.28. The molecule has 3 fully saturated rings. The molecule has 0 aromatic heterocycles. The zero-order valence-electron chi connectivity index (χ0n) is 15.6. The van der Waals surface area contributed by atoms with E-state index in [0.29, 0.717) is 23.5 Å². The van der Waals surface area contributed by atoms with Crippen LogP contribution in [0.5, 0.6) is 0 Å². The van der Waals surface area contributed by atoms with E-state index in [-0.39, 0.29) is 22.6 Å². The fraction of sp³-hybridized carbons (Fsp3) is 0.773. The molecule has 0 N–H and O–H groups in total. The molecule has 2 heteroatoms. The fourth-order valence-corrected chi connectivity index (χ4v) is 7.28. The molecule has 4 aliphatic rings. The van der Waals surface area contributed by atoms with E-state index in [9.17, 15) is 9.18 Å². The smallest absolute Gasteiger partial charge is 0.158 e. The molecule has 0 aromatic rings. The Labute approximate surface area is 145 Å². The molecule has 0 aromatic carbocycles. The van der Waals surface area contributed by atoms with Gasteiger partial charge in [0.15, 0.2) is 5.78 Å². The lowest BCUT2D eigenvalue weighted by molar-refractivity contribution is -0.121. The van der Waals surface area contributed by atoms with E-state index < -0.39 is 0 Å². The highest BCUT2D eigenvalue weighted by Crippen LogP contribution is 2.67. The normalized spacial score (nSPS) is 49.9. The minimum Gasteiger partial charge on any atom is -0.295 e. The van der Waals surface area contributed by atoms with E-state index in [1.807, 2.05) is 6.08 Å². The van der Waals surface area contributed by atoms with Gasteiger partial charge in [0.25, 0.3) is 0 Å². The number of ketones is 1. The third-order valence-electron chi connectivity index (χ3n) is 8.47. The van der Waals surface area contributed by atoms with Crippen molar-refractivity contribution in [2.45, 2.75) is 72.6 Å². The summed E-state index contributed by atoms with van der Waals surface area (Å²) < 4.78 is 14.1. The maximum Gasteiger partial charge on any atom is 0.158 e. The summed E-state index contributed by atoms with van der Waals surface area (Å²) in [4.78, 5) is 12.2. The maximum atomic E-state index is 14.1. The highest BCUT2D eigenvalue weighted by molar-refractivity contribution is 5.93. The van der Waals surface area contributed by atoms with Gasteiger partial charge >= 0.3 is 0 Å². The molecule has 0 radical (unpaired) electrons. The number of rotatable bonds is 0. The van der Waals surface area contributed by atoms with Gasteiger partial charge in [-0.2, -0.15) is 0 Å². The molecule has 4 rings (SSSR count). The van der Waals surface area contributed by atoms with E-state index in [1.54, 1.807) is 6.92 Å². The summed E-state index contributed by atoms with van der Waals surface area (Å²) in [7, 11) is 0. The average molecular weight is 330 g/mol. The Kier molecular flexibility index (Phi) is 3.64. The minimum absolute atomic E-state index is 0.0814. The average Bonchev–Trinajstić information content (AvgIpc) is 2.86. The zero-order chi connectivity index (χ0) is 17.3. The summed E-state index contributed by atoms with van der Waals surface area (Å²) in [5.41, 5.74) is 2.83. The number of hydrogen-bond donors (Lipinski definition) is 0. The molecule has 132 valence electrons. The van der Waals surface area contributed by atoms with Gasteiger partial charge in [0.1, 0.15) is 0 Å².